The largest absolute Gasteiger partial charge is 0.463 e. The lowest BCUT2D eigenvalue weighted by Crippen LogP contribution is -2.35. The topological polar surface area (TPSA) is 181 Å². The number of halogens is 2. The molecule has 0 saturated carbocycles. The molecule has 3 rings (SSSR count). The molecule has 0 aliphatic rings. The van der Waals surface area contributed by atoms with E-state index in [1.165, 1.54) is 151 Å². The quantitative estimate of drug-likeness (QED) is 0.0195. The van der Waals surface area contributed by atoms with Crippen LogP contribution < -0.4 is 15.4 Å². The number of unbranched alkanes of at least 4 members (excludes halogenated alkanes) is 18. The van der Waals surface area contributed by atoms with Gasteiger partial charge in [-0.15, -0.1) is 0 Å². The number of rotatable bonds is 33. The van der Waals surface area contributed by atoms with Crippen molar-refractivity contribution in [3.05, 3.63) is 70.7 Å². The smallest absolute Gasteiger partial charge is 0.352 e. The molecule has 364 valence electrons. The zero-order valence-electron chi connectivity index (χ0n) is 39.2. The van der Waals surface area contributed by atoms with Gasteiger partial charge in [0.2, 0.25) is 0 Å². The van der Waals surface area contributed by atoms with Crippen LogP contribution in [0.4, 0.5) is 11.4 Å². The van der Waals surface area contributed by atoms with Crippen molar-refractivity contribution in [3.8, 4) is 5.75 Å². The fraction of sp³-hybridized carbons (Fsp3) is 0.580. The summed E-state index contributed by atoms with van der Waals surface area (Å²) in [7, 11) is 0. The van der Waals surface area contributed by atoms with Crippen molar-refractivity contribution in [1.82, 2.24) is 9.55 Å². The van der Waals surface area contributed by atoms with Crippen LogP contribution in [0.2, 0.25) is 10.0 Å². The lowest BCUT2D eigenvalue weighted by molar-refractivity contribution is -0.161. The molecule has 16 heteroatoms. The number of amides is 2. The Hall–Kier alpha value is -4.95. The van der Waals surface area contributed by atoms with E-state index in [4.69, 9.17) is 42.1 Å². The highest BCUT2D eigenvalue weighted by Crippen LogP contribution is 2.30. The van der Waals surface area contributed by atoms with E-state index in [0.29, 0.717) is 12.8 Å². The first-order valence-corrected chi connectivity index (χ1v) is 24.6. The maximum absolute atomic E-state index is 13.8. The minimum atomic E-state index is -1.58. The Balaban J connectivity index is 1.52. The Bertz CT molecular complexity index is 1960. The summed E-state index contributed by atoms with van der Waals surface area (Å²) in [5.41, 5.74) is -0.0334. The van der Waals surface area contributed by atoms with Crippen LogP contribution in [0.1, 0.15) is 179 Å². The minimum Gasteiger partial charge on any atom is -0.463 e. The van der Waals surface area contributed by atoms with E-state index < -0.39 is 53.9 Å². The van der Waals surface area contributed by atoms with Gasteiger partial charge in [0.15, 0.2) is 18.2 Å². The number of carbonyl (C=O) groups is 6. The third-order valence-corrected chi connectivity index (χ3v) is 11.6. The molecule has 3 atom stereocenters. The van der Waals surface area contributed by atoms with Crippen molar-refractivity contribution in [1.29, 1.82) is 0 Å². The molecule has 0 saturated heterocycles. The second kappa shape index (κ2) is 31.9. The lowest BCUT2D eigenvalue weighted by atomic mass is 10.1. The fourth-order valence-electron chi connectivity index (χ4n) is 7.04. The summed E-state index contributed by atoms with van der Waals surface area (Å²) < 4.78 is 22.7. The molecule has 0 fully saturated rings. The Morgan fingerprint density at radius 1 is 0.621 bits per heavy atom. The molecule has 3 aromatic rings. The molecule has 1 heterocycles. The molecule has 0 radical (unpaired) electrons. The number of ether oxygens (including phenoxy) is 4. The van der Waals surface area contributed by atoms with Gasteiger partial charge >= 0.3 is 23.9 Å². The zero-order valence-corrected chi connectivity index (χ0v) is 40.7. The van der Waals surface area contributed by atoms with Crippen LogP contribution in [0.15, 0.2) is 55.1 Å². The van der Waals surface area contributed by atoms with Crippen LogP contribution in [-0.4, -0.2) is 64.1 Å². The number of nitrogens with one attached hydrogen (secondary N) is 2. The molecule has 0 aliphatic heterocycles. The van der Waals surface area contributed by atoms with Gasteiger partial charge in [-0.3, -0.25) is 14.4 Å². The van der Waals surface area contributed by atoms with Gasteiger partial charge in [-0.1, -0.05) is 153 Å². The summed E-state index contributed by atoms with van der Waals surface area (Å²) in [5.74, 6) is -4.60. The summed E-state index contributed by atoms with van der Waals surface area (Å²) in [6.07, 6.45) is 24.5. The first-order chi connectivity index (χ1) is 31.8. The monoisotopic (exact) mass is 956 g/mol. The van der Waals surface area contributed by atoms with E-state index in [-0.39, 0.29) is 45.8 Å². The molecule has 2 N–H and O–H groups in total. The second-order valence-corrected chi connectivity index (χ2v) is 17.4. The molecule has 0 aliphatic carbocycles. The van der Waals surface area contributed by atoms with Crippen LogP contribution in [0.25, 0.3) is 0 Å². The van der Waals surface area contributed by atoms with E-state index >= 15 is 0 Å². The Labute approximate surface area is 400 Å². The Kier molecular flexibility index (Phi) is 26.7. The van der Waals surface area contributed by atoms with Gasteiger partial charge in [-0.2, -0.15) is 0 Å². The lowest BCUT2D eigenvalue weighted by Gasteiger charge is -2.19. The second-order valence-electron chi connectivity index (χ2n) is 16.6. The summed E-state index contributed by atoms with van der Waals surface area (Å²) in [5, 5.41) is 5.30. The molecular formula is C50H70Cl2N4O10. The van der Waals surface area contributed by atoms with Crippen LogP contribution in [0.3, 0.4) is 0 Å². The van der Waals surface area contributed by atoms with E-state index in [0.717, 1.165) is 38.5 Å². The number of nitrogens with zero attached hydrogens (tertiary/aromatic N) is 2. The zero-order chi connectivity index (χ0) is 48.1. The highest BCUT2D eigenvalue weighted by molar-refractivity contribution is 6.35. The molecule has 14 nitrogen and oxygen atoms in total. The number of hydrogen-bond donors (Lipinski definition) is 2. The number of anilines is 2. The van der Waals surface area contributed by atoms with Gasteiger partial charge in [0.1, 0.15) is 5.75 Å². The molecule has 0 spiro atoms. The van der Waals surface area contributed by atoms with Gasteiger partial charge < -0.3 is 34.1 Å². The molecular weight excluding hydrogens is 887 g/mol. The van der Waals surface area contributed by atoms with Gasteiger partial charge in [0.05, 0.1) is 39.9 Å². The molecule has 0 bridgehead atoms. The third-order valence-electron chi connectivity index (χ3n) is 10.9. The SMILES string of the molecule is CCCCCCCCCCCCOC(=O)C(C)OC(=O)c1ccc(Cl)c(NC(=O)C(C(=O)Nc2cc(OC(=O)C(C)OC(=O)CCCCCCCCCCCC)ccc2Cl)n2ccnc2)c1. The predicted octanol–water partition coefficient (Wildman–Crippen LogP) is 12.2. The van der Waals surface area contributed by atoms with Crippen molar-refractivity contribution in [3.63, 3.8) is 0 Å². The first kappa shape index (κ1) is 55.4. The molecule has 2 aromatic carbocycles. The number of carbonyl (C=O) groups excluding carboxylic acids is 6. The average molecular weight is 958 g/mol. The van der Waals surface area contributed by atoms with E-state index in [9.17, 15) is 28.8 Å². The van der Waals surface area contributed by atoms with Crippen LogP contribution in [-0.2, 0) is 38.2 Å². The Morgan fingerprint density at radius 2 is 1.12 bits per heavy atom. The van der Waals surface area contributed by atoms with E-state index in [2.05, 4.69) is 29.5 Å². The van der Waals surface area contributed by atoms with E-state index in [1.807, 2.05) is 0 Å². The highest BCUT2D eigenvalue weighted by Gasteiger charge is 2.30. The van der Waals surface area contributed by atoms with Crippen molar-refractivity contribution in [2.45, 2.75) is 181 Å². The van der Waals surface area contributed by atoms with Gasteiger partial charge in [0, 0.05) is 24.9 Å². The maximum atomic E-state index is 13.8. The number of aromatic nitrogens is 2. The summed E-state index contributed by atoms with van der Waals surface area (Å²) in [6, 6.07) is 6.49. The molecule has 2 amide bonds. The summed E-state index contributed by atoms with van der Waals surface area (Å²) >= 11 is 12.8. The standard InChI is InChI=1S/C50H70Cl2N4O10/c1-5-7-9-11-13-15-17-19-21-23-25-44(57)64-37(4)49(61)66-39-27-29-41(52)43(34-39)55-47(59)45(56-31-30-53-35-56)46(58)54-42-33-38(26-28-40(42)51)50(62)65-36(3)48(60)63-32-24-22-20-18-16-14-12-10-8-6-2/h26-31,33-37,45H,5-25,32H2,1-4H3,(H,54,58)(H,55,59). The van der Waals surface area contributed by atoms with Crippen molar-refractivity contribution in [2.24, 2.45) is 0 Å². The number of imidazole rings is 1. The fourth-order valence-corrected chi connectivity index (χ4v) is 7.37. The van der Waals surface area contributed by atoms with E-state index in [1.54, 1.807) is 0 Å². The predicted molar refractivity (Wildman–Crippen MR) is 257 cm³/mol. The van der Waals surface area contributed by atoms with Crippen molar-refractivity contribution < 1.29 is 47.7 Å². The highest BCUT2D eigenvalue weighted by atomic mass is 35.5. The summed E-state index contributed by atoms with van der Waals surface area (Å²) in [6.45, 7) is 7.46. The minimum absolute atomic E-state index is 0.00641. The van der Waals surface area contributed by atoms with Gasteiger partial charge in [-0.05, 0) is 57.0 Å². The van der Waals surface area contributed by atoms with Crippen LogP contribution in [0.5, 0.6) is 5.75 Å². The first-order valence-electron chi connectivity index (χ1n) is 23.8. The van der Waals surface area contributed by atoms with Crippen molar-refractivity contribution in [2.75, 3.05) is 17.2 Å². The molecule has 1 aromatic heterocycles. The van der Waals surface area contributed by atoms with Gasteiger partial charge in [0.25, 0.3) is 11.8 Å². The van der Waals surface area contributed by atoms with Crippen molar-refractivity contribution >= 4 is 70.3 Å². The number of esters is 4. The van der Waals surface area contributed by atoms with Crippen LogP contribution in [0, 0.1) is 0 Å². The third kappa shape index (κ3) is 21.1. The molecule has 66 heavy (non-hydrogen) atoms. The Morgan fingerprint density at radius 3 is 1.67 bits per heavy atom. The van der Waals surface area contributed by atoms with Gasteiger partial charge in [-0.25, -0.2) is 19.4 Å². The average Bonchev–Trinajstić information content (AvgIpc) is 3.82. The number of benzene rings is 2. The normalized spacial score (nSPS) is 12.4. The van der Waals surface area contributed by atoms with Crippen LogP contribution >= 0.6 is 23.2 Å². The molecule has 3 unspecified atom stereocenters. The maximum Gasteiger partial charge on any atom is 0.352 e. The number of hydrogen-bond acceptors (Lipinski definition) is 11. The summed E-state index contributed by atoms with van der Waals surface area (Å²) in [4.78, 5) is 82.6.